The Labute approximate surface area is 176 Å². The number of nitrogens with one attached hydrogen (secondary N) is 1. The molecule has 1 aromatic carbocycles. The van der Waals surface area contributed by atoms with Gasteiger partial charge in [0.2, 0.25) is 11.8 Å². The SMILES string of the molecule is COc1cc(-c2cnc(NCc3c(F)ccc4c3CCO4)n3cc(C)nc23)c(F)cn1. The van der Waals surface area contributed by atoms with Crippen molar-refractivity contribution >= 4 is 11.6 Å². The van der Waals surface area contributed by atoms with Gasteiger partial charge in [-0.05, 0) is 19.1 Å². The maximum Gasteiger partial charge on any atom is 0.213 e. The highest BCUT2D eigenvalue weighted by Gasteiger charge is 2.20. The number of aryl methyl sites for hydroxylation is 1. The number of halogens is 2. The van der Waals surface area contributed by atoms with Gasteiger partial charge in [-0.1, -0.05) is 0 Å². The van der Waals surface area contributed by atoms with E-state index in [2.05, 4.69) is 20.3 Å². The Morgan fingerprint density at radius 3 is 2.87 bits per heavy atom. The summed E-state index contributed by atoms with van der Waals surface area (Å²) in [6, 6.07) is 4.57. The predicted molar refractivity (Wildman–Crippen MR) is 110 cm³/mol. The van der Waals surface area contributed by atoms with E-state index in [0.29, 0.717) is 41.5 Å². The molecule has 0 saturated heterocycles. The summed E-state index contributed by atoms with van der Waals surface area (Å²) < 4.78 is 41.4. The Morgan fingerprint density at radius 1 is 1.16 bits per heavy atom. The number of rotatable bonds is 5. The van der Waals surface area contributed by atoms with Gasteiger partial charge in [-0.2, -0.15) is 0 Å². The fraction of sp³-hybridized carbons (Fsp3) is 0.227. The molecule has 3 aromatic heterocycles. The average molecular weight is 423 g/mol. The van der Waals surface area contributed by atoms with Gasteiger partial charge in [-0.25, -0.2) is 23.7 Å². The summed E-state index contributed by atoms with van der Waals surface area (Å²) in [7, 11) is 1.47. The predicted octanol–water partition coefficient (Wildman–Crippen LogP) is 3.93. The molecule has 0 amide bonds. The van der Waals surface area contributed by atoms with Crippen molar-refractivity contribution in [3.8, 4) is 22.8 Å². The highest BCUT2D eigenvalue weighted by molar-refractivity contribution is 5.79. The molecule has 1 aliphatic rings. The second kappa shape index (κ2) is 7.50. The molecule has 0 unspecified atom stereocenters. The molecule has 0 fully saturated rings. The Kier molecular flexibility index (Phi) is 4.65. The Morgan fingerprint density at radius 2 is 2.03 bits per heavy atom. The van der Waals surface area contributed by atoms with Crippen molar-refractivity contribution in [1.29, 1.82) is 0 Å². The van der Waals surface area contributed by atoms with E-state index < -0.39 is 5.82 Å². The number of benzene rings is 1. The zero-order valence-electron chi connectivity index (χ0n) is 16.9. The number of nitrogens with zero attached hydrogens (tertiary/aromatic N) is 4. The molecule has 4 aromatic rings. The number of methoxy groups -OCH3 is 1. The summed E-state index contributed by atoms with van der Waals surface area (Å²) >= 11 is 0. The number of ether oxygens (including phenoxy) is 2. The maximum absolute atomic E-state index is 14.5. The molecule has 0 bridgehead atoms. The van der Waals surface area contributed by atoms with Crippen molar-refractivity contribution in [2.45, 2.75) is 19.9 Å². The topological polar surface area (TPSA) is 73.6 Å². The monoisotopic (exact) mass is 423 g/mol. The van der Waals surface area contributed by atoms with Crippen molar-refractivity contribution < 1.29 is 18.3 Å². The first-order valence-electron chi connectivity index (χ1n) is 9.76. The lowest BCUT2D eigenvalue weighted by Gasteiger charge is -2.13. The van der Waals surface area contributed by atoms with Gasteiger partial charge in [0.15, 0.2) is 0 Å². The largest absolute Gasteiger partial charge is 0.493 e. The van der Waals surface area contributed by atoms with Gasteiger partial charge in [0.1, 0.15) is 23.0 Å². The summed E-state index contributed by atoms with van der Waals surface area (Å²) in [5.74, 6) is 0.671. The van der Waals surface area contributed by atoms with Crippen molar-refractivity contribution in [3.63, 3.8) is 0 Å². The summed E-state index contributed by atoms with van der Waals surface area (Å²) in [5.41, 5.74) is 3.45. The number of fused-ring (bicyclic) bond motifs is 2. The lowest BCUT2D eigenvalue weighted by molar-refractivity contribution is 0.356. The number of pyridine rings is 1. The van der Waals surface area contributed by atoms with Crippen LogP contribution in [-0.2, 0) is 13.0 Å². The highest BCUT2D eigenvalue weighted by atomic mass is 19.1. The fourth-order valence-electron chi connectivity index (χ4n) is 3.83. The third-order valence-electron chi connectivity index (χ3n) is 5.30. The van der Waals surface area contributed by atoms with E-state index >= 15 is 0 Å². The Hall–Kier alpha value is -3.75. The van der Waals surface area contributed by atoms with Crippen LogP contribution < -0.4 is 14.8 Å². The summed E-state index contributed by atoms with van der Waals surface area (Å²) in [6.07, 6.45) is 5.10. The van der Waals surface area contributed by atoms with Crippen molar-refractivity contribution in [1.82, 2.24) is 19.4 Å². The molecule has 0 atom stereocenters. The molecular weight excluding hydrogens is 404 g/mol. The third-order valence-corrected chi connectivity index (χ3v) is 5.30. The Balaban J connectivity index is 1.54. The number of hydrogen-bond acceptors (Lipinski definition) is 6. The molecule has 158 valence electrons. The lowest BCUT2D eigenvalue weighted by atomic mass is 10.0. The highest BCUT2D eigenvalue weighted by Crippen LogP contribution is 2.32. The second-order valence-electron chi connectivity index (χ2n) is 7.23. The minimum Gasteiger partial charge on any atom is -0.493 e. The van der Waals surface area contributed by atoms with E-state index in [1.807, 2.05) is 6.92 Å². The van der Waals surface area contributed by atoms with Crippen LogP contribution >= 0.6 is 0 Å². The van der Waals surface area contributed by atoms with Gasteiger partial charge in [-0.15, -0.1) is 0 Å². The molecule has 4 heterocycles. The van der Waals surface area contributed by atoms with Gasteiger partial charge in [0.05, 0.1) is 25.6 Å². The molecule has 7 nitrogen and oxygen atoms in total. The van der Waals surface area contributed by atoms with Crippen LogP contribution in [0.5, 0.6) is 11.6 Å². The second-order valence-corrected chi connectivity index (χ2v) is 7.23. The standard InChI is InChI=1S/C22H19F2N5O2/c1-12-11-29-21(28-12)16(14-7-20(30-2)25-10-18(14)24)9-27-22(29)26-8-15-13-5-6-31-19(13)4-3-17(15)23/h3-4,7,9-11H,5-6,8H2,1-2H3,(H,26,27). The van der Waals surface area contributed by atoms with E-state index in [1.165, 1.54) is 25.4 Å². The first-order chi connectivity index (χ1) is 15.0. The van der Waals surface area contributed by atoms with E-state index in [0.717, 1.165) is 17.5 Å². The van der Waals surface area contributed by atoms with Crippen LogP contribution in [-0.4, -0.2) is 33.1 Å². The number of imidazole rings is 1. The van der Waals surface area contributed by atoms with Gasteiger partial charge in [0, 0.05) is 53.7 Å². The molecule has 0 spiro atoms. The molecule has 5 rings (SSSR count). The van der Waals surface area contributed by atoms with Crippen LogP contribution in [0.4, 0.5) is 14.7 Å². The van der Waals surface area contributed by atoms with Crippen LogP contribution in [0.1, 0.15) is 16.8 Å². The van der Waals surface area contributed by atoms with Crippen molar-refractivity contribution in [3.05, 3.63) is 65.2 Å². The van der Waals surface area contributed by atoms with Crippen LogP contribution in [0.2, 0.25) is 0 Å². The van der Waals surface area contributed by atoms with E-state index in [4.69, 9.17) is 9.47 Å². The van der Waals surface area contributed by atoms with Crippen LogP contribution in [0.15, 0.2) is 36.8 Å². The first kappa shape index (κ1) is 19.2. The lowest BCUT2D eigenvalue weighted by Crippen LogP contribution is -2.10. The number of hydrogen-bond donors (Lipinski definition) is 1. The summed E-state index contributed by atoms with van der Waals surface area (Å²) in [6.45, 7) is 2.62. The molecule has 1 aliphatic heterocycles. The third kappa shape index (κ3) is 3.31. The Bertz CT molecular complexity index is 1310. The summed E-state index contributed by atoms with van der Waals surface area (Å²) in [5, 5.41) is 3.19. The van der Waals surface area contributed by atoms with E-state index in [1.54, 1.807) is 16.7 Å². The molecule has 0 radical (unpaired) electrons. The molecule has 1 N–H and O–H groups in total. The van der Waals surface area contributed by atoms with Gasteiger partial charge < -0.3 is 14.8 Å². The van der Waals surface area contributed by atoms with Crippen molar-refractivity contribution in [2.75, 3.05) is 19.0 Å². The molecule has 0 saturated carbocycles. The van der Waals surface area contributed by atoms with Crippen LogP contribution in [0.3, 0.4) is 0 Å². The molecular formula is C22H19F2N5O2. The molecule has 0 aliphatic carbocycles. The minimum absolute atomic E-state index is 0.231. The van der Waals surface area contributed by atoms with Crippen LogP contribution in [0.25, 0.3) is 16.8 Å². The van der Waals surface area contributed by atoms with Gasteiger partial charge >= 0.3 is 0 Å². The van der Waals surface area contributed by atoms with Crippen molar-refractivity contribution in [2.24, 2.45) is 0 Å². The maximum atomic E-state index is 14.5. The van der Waals surface area contributed by atoms with E-state index in [9.17, 15) is 8.78 Å². The minimum atomic E-state index is -0.507. The quantitative estimate of drug-likeness (QED) is 0.524. The normalized spacial score (nSPS) is 12.6. The smallest absolute Gasteiger partial charge is 0.213 e. The zero-order chi connectivity index (χ0) is 21.5. The number of aromatic nitrogens is 4. The fourth-order valence-corrected chi connectivity index (χ4v) is 3.83. The summed E-state index contributed by atoms with van der Waals surface area (Å²) in [4.78, 5) is 12.9. The zero-order valence-corrected chi connectivity index (χ0v) is 16.9. The van der Waals surface area contributed by atoms with Crippen LogP contribution in [0, 0.1) is 18.6 Å². The molecule has 9 heteroatoms. The van der Waals surface area contributed by atoms with Gasteiger partial charge in [0.25, 0.3) is 0 Å². The molecule has 31 heavy (non-hydrogen) atoms. The van der Waals surface area contributed by atoms with Gasteiger partial charge in [-0.3, -0.25) is 4.40 Å². The van der Waals surface area contributed by atoms with E-state index in [-0.39, 0.29) is 23.8 Å². The number of anilines is 1. The average Bonchev–Trinajstić information content (AvgIpc) is 3.40. The first-order valence-corrected chi connectivity index (χ1v) is 9.76.